The number of aromatic nitrogens is 1. The molecule has 0 radical (unpaired) electrons. The van der Waals surface area contributed by atoms with E-state index in [2.05, 4.69) is 21.2 Å². The van der Waals surface area contributed by atoms with Gasteiger partial charge in [0.1, 0.15) is 11.3 Å². The molecule has 1 saturated heterocycles. The summed E-state index contributed by atoms with van der Waals surface area (Å²) in [6.45, 7) is 1.96. The van der Waals surface area contributed by atoms with E-state index in [-0.39, 0.29) is 10.7 Å². The maximum Gasteiger partial charge on any atom is 0.270 e. The first kappa shape index (κ1) is 21.0. The Bertz CT molecular complexity index is 1230. The molecule has 31 heavy (non-hydrogen) atoms. The number of nitrogens with one attached hydrogen (secondary N) is 1. The Balaban J connectivity index is 1.76. The molecule has 0 bridgehead atoms. The third-order valence-corrected chi connectivity index (χ3v) is 5.68. The molecule has 0 atom stereocenters. The standard InChI is InChI=1S/C23H18BrN3O3S/c1-14-6-7-18(26(14)16-8-10-19(30-2)11-9-16)13-20-21(28)25-23(31)27(22(20)29)17-5-3-4-15(24)12-17/h3-13H,1-2H3,(H,25,28,31)/b20-13+. The normalized spacial score (nSPS) is 15.4. The molecule has 1 aromatic heterocycles. The molecule has 4 rings (SSSR count). The van der Waals surface area contributed by atoms with Gasteiger partial charge in [0.2, 0.25) is 0 Å². The van der Waals surface area contributed by atoms with Crippen LogP contribution in [-0.4, -0.2) is 28.6 Å². The monoisotopic (exact) mass is 495 g/mol. The predicted molar refractivity (Wildman–Crippen MR) is 127 cm³/mol. The smallest absolute Gasteiger partial charge is 0.270 e. The molecular formula is C23H18BrN3O3S. The maximum absolute atomic E-state index is 13.3. The highest BCUT2D eigenvalue weighted by molar-refractivity contribution is 9.10. The molecule has 0 spiro atoms. The lowest BCUT2D eigenvalue weighted by Gasteiger charge is -2.29. The first-order valence-corrected chi connectivity index (χ1v) is 10.6. The number of aryl methyl sites for hydroxylation is 1. The molecule has 3 aromatic rings. The van der Waals surface area contributed by atoms with E-state index in [1.807, 2.05) is 54.0 Å². The number of halogens is 1. The summed E-state index contributed by atoms with van der Waals surface area (Å²) in [5.41, 5.74) is 3.11. The average Bonchev–Trinajstić information content (AvgIpc) is 3.11. The van der Waals surface area contributed by atoms with Crippen LogP contribution in [0.4, 0.5) is 5.69 Å². The van der Waals surface area contributed by atoms with E-state index in [0.717, 1.165) is 21.6 Å². The molecule has 1 aliphatic rings. The van der Waals surface area contributed by atoms with Crippen molar-refractivity contribution in [3.05, 3.63) is 82.1 Å². The highest BCUT2D eigenvalue weighted by Crippen LogP contribution is 2.26. The number of carbonyl (C=O) groups excluding carboxylic acids is 2. The number of thiocarbonyl (C=S) groups is 1. The van der Waals surface area contributed by atoms with Crippen molar-refractivity contribution in [2.75, 3.05) is 12.0 Å². The number of hydrogen-bond donors (Lipinski definition) is 1. The van der Waals surface area contributed by atoms with E-state index in [0.29, 0.717) is 11.4 Å². The van der Waals surface area contributed by atoms with Crippen LogP contribution in [0.25, 0.3) is 11.8 Å². The van der Waals surface area contributed by atoms with Gasteiger partial charge in [-0.15, -0.1) is 0 Å². The summed E-state index contributed by atoms with van der Waals surface area (Å²) in [6, 6.07) is 18.5. The molecule has 2 amide bonds. The lowest BCUT2D eigenvalue weighted by atomic mass is 10.1. The first-order valence-electron chi connectivity index (χ1n) is 9.39. The van der Waals surface area contributed by atoms with Crippen molar-refractivity contribution in [2.24, 2.45) is 0 Å². The fraction of sp³-hybridized carbons (Fsp3) is 0.0870. The lowest BCUT2D eigenvalue weighted by molar-refractivity contribution is -0.122. The number of carbonyl (C=O) groups is 2. The number of hydrogen-bond acceptors (Lipinski definition) is 4. The lowest BCUT2D eigenvalue weighted by Crippen LogP contribution is -2.54. The van der Waals surface area contributed by atoms with Crippen LogP contribution in [0.15, 0.2) is 70.7 Å². The van der Waals surface area contributed by atoms with Gasteiger partial charge in [0, 0.05) is 21.5 Å². The minimum atomic E-state index is -0.526. The second kappa shape index (κ2) is 8.49. The minimum Gasteiger partial charge on any atom is -0.497 e. The third kappa shape index (κ3) is 4.04. The molecule has 6 nitrogen and oxygen atoms in total. The molecule has 1 aliphatic heterocycles. The highest BCUT2D eigenvalue weighted by Gasteiger charge is 2.34. The summed E-state index contributed by atoms with van der Waals surface area (Å²) in [5, 5.41) is 2.67. The molecule has 0 unspecified atom stereocenters. The number of rotatable bonds is 4. The molecule has 156 valence electrons. The molecule has 2 aromatic carbocycles. The van der Waals surface area contributed by atoms with Crippen LogP contribution in [0, 0.1) is 6.92 Å². The Morgan fingerprint density at radius 3 is 2.45 bits per heavy atom. The number of amides is 2. The minimum absolute atomic E-state index is 0.00133. The molecule has 0 aliphatic carbocycles. The second-order valence-electron chi connectivity index (χ2n) is 6.87. The van der Waals surface area contributed by atoms with Crippen LogP contribution in [-0.2, 0) is 9.59 Å². The average molecular weight is 496 g/mol. The van der Waals surface area contributed by atoms with Crippen LogP contribution in [0.2, 0.25) is 0 Å². The van der Waals surface area contributed by atoms with Crippen molar-refractivity contribution in [3.8, 4) is 11.4 Å². The fourth-order valence-corrected chi connectivity index (χ4v) is 4.08. The van der Waals surface area contributed by atoms with E-state index in [1.54, 1.807) is 31.4 Å². The van der Waals surface area contributed by atoms with Gasteiger partial charge in [0.25, 0.3) is 11.8 Å². The van der Waals surface area contributed by atoms with Crippen molar-refractivity contribution >= 4 is 56.8 Å². The predicted octanol–water partition coefficient (Wildman–Crippen LogP) is 4.39. The van der Waals surface area contributed by atoms with Gasteiger partial charge in [-0.25, -0.2) is 0 Å². The quantitative estimate of drug-likeness (QED) is 0.331. The zero-order valence-corrected chi connectivity index (χ0v) is 19.2. The van der Waals surface area contributed by atoms with Gasteiger partial charge < -0.3 is 9.30 Å². The number of benzene rings is 2. The molecule has 0 saturated carbocycles. The van der Waals surface area contributed by atoms with Crippen molar-refractivity contribution < 1.29 is 14.3 Å². The van der Waals surface area contributed by atoms with Gasteiger partial charge in [0.05, 0.1) is 12.8 Å². The van der Waals surface area contributed by atoms with Crippen molar-refractivity contribution in [1.82, 2.24) is 9.88 Å². The Kier molecular flexibility index (Phi) is 5.75. The summed E-state index contributed by atoms with van der Waals surface area (Å²) in [6.07, 6.45) is 1.58. The number of anilines is 1. The van der Waals surface area contributed by atoms with Crippen LogP contribution in [0.5, 0.6) is 5.75 Å². The van der Waals surface area contributed by atoms with Gasteiger partial charge in [-0.1, -0.05) is 22.0 Å². The van der Waals surface area contributed by atoms with Gasteiger partial charge >= 0.3 is 0 Å². The van der Waals surface area contributed by atoms with Crippen LogP contribution in [0.1, 0.15) is 11.4 Å². The topological polar surface area (TPSA) is 63.6 Å². The Morgan fingerprint density at radius 1 is 1.03 bits per heavy atom. The molecule has 1 N–H and O–H groups in total. The van der Waals surface area contributed by atoms with Gasteiger partial charge in [0.15, 0.2) is 5.11 Å². The van der Waals surface area contributed by atoms with Crippen LogP contribution >= 0.6 is 28.1 Å². The molecule has 8 heteroatoms. The van der Waals surface area contributed by atoms with E-state index >= 15 is 0 Å². The maximum atomic E-state index is 13.3. The van der Waals surface area contributed by atoms with E-state index in [9.17, 15) is 9.59 Å². The van der Waals surface area contributed by atoms with E-state index < -0.39 is 11.8 Å². The summed E-state index contributed by atoms with van der Waals surface area (Å²) in [4.78, 5) is 27.2. The Hall–Kier alpha value is -3.23. The molecule has 1 fully saturated rings. The summed E-state index contributed by atoms with van der Waals surface area (Å²) < 4.78 is 7.99. The number of nitrogens with zero attached hydrogens (tertiary/aromatic N) is 2. The van der Waals surface area contributed by atoms with Crippen LogP contribution < -0.4 is 15.0 Å². The molecular weight excluding hydrogens is 478 g/mol. The first-order chi connectivity index (χ1) is 14.9. The van der Waals surface area contributed by atoms with Crippen LogP contribution in [0.3, 0.4) is 0 Å². The second-order valence-corrected chi connectivity index (χ2v) is 8.17. The number of ether oxygens (including phenoxy) is 1. The van der Waals surface area contributed by atoms with Gasteiger partial charge in [-0.3, -0.25) is 19.8 Å². The summed E-state index contributed by atoms with van der Waals surface area (Å²) in [5.74, 6) is -0.262. The molecule has 2 heterocycles. The van der Waals surface area contributed by atoms with Gasteiger partial charge in [-0.2, -0.15) is 0 Å². The van der Waals surface area contributed by atoms with Crippen molar-refractivity contribution in [2.45, 2.75) is 6.92 Å². The summed E-state index contributed by atoms with van der Waals surface area (Å²) in [7, 11) is 1.61. The summed E-state index contributed by atoms with van der Waals surface area (Å²) >= 11 is 8.67. The van der Waals surface area contributed by atoms with E-state index in [4.69, 9.17) is 17.0 Å². The van der Waals surface area contributed by atoms with E-state index in [1.165, 1.54) is 4.90 Å². The largest absolute Gasteiger partial charge is 0.497 e. The SMILES string of the molecule is COc1ccc(-n2c(C)ccc2/C=C2\C(=O)NC(=S)N(c3cccc(Br)c3)C2=O)cc1. The van der Waals surface area contributed by atoms with Gasteiger partial charge in [-0.05, 0) is 79.8 Å². The highest BCUT2D eigenvalue weighted by atomic mass is 79.9. The third-order valence-electron chi connectivity index (χ3n) is 4.90. The number of methoxy groups -OCH3 is 1. The van der Waals surface area contributed by atoms with Crippen molar-refractivity contribution in [1.29, 1.82) is 0 Å². The Labute approximate surface area is 193 Å². The van der Waals surface area contributed by atoms with Crippen molar-refractivity contribution in [3.63, 3.8) is 0 Å². The Morgan fingerprint density at radius 2 is 1.77 bits per heavy atom. The zero-order chi connectivity index (χ0) is 22.1. The fourth-order valence-electron chi connectivity index (χ4n) is 3.41. The zero-order valence-electron chi connectivity index (χ0n) is 16.8.